The van der Waals surface area contributed by atoms with Crippen LogP contribution in [0.15, 0.2) is 53.8 Å². The average Bonchev–Trinajstić information content (AvgIpc) is 3.18. The number of allylic oxidation sites excluding steroid dienone is 4. The van der Waals surface area contributed by atoms with Gasteiger partial charge in [-0.3, -0.25) is 14.6 Å². The second-order valence-corrected chi connectivity index (χ2v) is 9.15. The van der Waals surface area contributed by atoms with E-state index in [1.165, 1.54) is 24.6 Å². The van der Waals surface area contributed by atoms with Gasteiger partial charge in [-0.1, -0.05) is 30.7 Å². The Morgan fingerprint density at radius 3 is 2.59 bits per heavy atom. The number of halogens is 3. The molecule has 4 aliphatic rings. The smallest absolute Gasteiger partial charge is 0.417 e. The third-order valence-electron chi connectivity index (χ3n) is 6.82. The molecule has 1 aromatic carbocycles. The zero-order valence-electron chi connectivity index (χ0n) is 18.6. The van der Waals surface area contributed by atoms with Crippen LogP contribution >= 0.6 is 0 Å². The minimum Gasteiger partial charge on any atom is -0.443 e. The Balaban J connectivity index is 1.35. The molecule has 6 nitrogen and oxygen atoms in total. The van der Waals surface area contributed by atoms with Crippen molar-refractivity contribution in [1.82, 2.24) is 15.1 Å². The molecular formula is C25H26F3N3O3. The maximum Gasteiger partial charge on any atom is 0.417 e. The quantitative estimate of drug-likeness (QED) is 0.708. The summed E-state index contributed by atoms with van der Waals surface area (Å²) in [6, 6.07) is 5.18. The van der Waals surface area contributed by atoms with E-state index in [4.69, 9.17) is 4.74 Å². The first-order valence-electron chi connectivity index (χ1n) is 11.6. The fourth-order valence-electron chi connectivity index (χ4n) is 5.11. The van der Waals surface area contributed by atoms with Crippen molar-refractivity contribution >= 4 is 17.7 Å². The first-order valence-corrected chi connectivity index (χ1v) is 11.6. The summed E-state index contributed by atoms with van der Waals surface area (Å²) >= 11 is 0. The lowest BCUT2D eigenvalue weighted by Gasteiger charge is -2.31. The van der Waals surface area contributed by atoms with E-state index >= 15 is 0 Å². The van der Waals surface area contributed by atoms with Gasteiger partial charge in [-0.2, -0.15) is 13.2 Å². The van der Waals surface area contributed by atoms with Crippen LogP contribution in [0.4, 0.5) is 18.0 Å². The minimum absolute atomic E-state index is 0.0684. The van der Waals surface area contributed by atoms with Crippen molar-refractivity contribution in [2.75, 3.05) is 26.2 Å². The summed E-state index contributed by atoms with van der Waals surface area (Å²) < 4.78 is 46.0. The van der Waals surface area contributed by atoms with Gasteiger partial charge in [-0.25, -0.2) is 4.79 Å². The Kier molecular flexibility index (Phi) is 5.97. The number of amides is 2. The molecular weight excluding hydrogens is 447 g/mol. The van der Waals surface area contributed by atoms with E-state index in [9.17, 15) is 22.8 Å². The molecule has 2 amide bonds. The summed E-state index contributed by atoms with van der Waals surface area (Å²) in [5.74, 6) is -0.959. The van der Waals surface area contributed by atoms with E-state index in [1.54, 1.807) is 23.1 Å². The number of carbonyl (C=O) groups is 2. The van der Waals surface area contributed by atoms with Gasteiger partial charge in [0.25, 0.3) is 0 Å². The van der Waals surface area contributed by atoms with Crippen LogP contribution < -0.4 is 5.32 Å². The fourth-order valence-corrected chi connectivity index (χ4v) is 5.11. The lowest BCUT2D eigenvalue weighted by Crippen LogP contribution is -2.39. The lowest BCUT2D eigenvalue weighted by molar-refractivity contribution is -0.138. The summed E-state index contributed by atoms with van der Waals surface area (Å²) in [5, 5.41) is 2.64. The predicted octanol–water partition coefficient (Wildman–Crippen LogP) is 4.31. The number of alkyl halides is 3. The second kappa shape index (κ2) is 8.94. The first-order chi connectivity index (χ1) is 16.3. The number of nitrogens with zero attached hydrogens (tertiary/aromatic N) is 2. The topological polar surface area (TPSA) is 61.9 Å². The highest BCUT2D eigenvalue weighted by molar-refractivity contribution is 5.95. The van der Waals surface area contributed by atoms with Gasteiger partial charge in [0.05, 0.1) is 18.0 Å². The molecule has 3 heterocycles. The highest BCUT2D eigenvalue weighted by atomic mass is 19.4. The summed E-state index contributed by atoms with van der Waals surface area (Å²) in [7, 11) is 0. The van der Waals surface area contributed by atoms with E-state index in [1.807, 2.05) is 0 Å². The third-order valence-corrected chi connectivity index (χ3v) is 6.82. The molecule has 2 saturated heterocycles. The van der Waals surface area contributed by atoms with Crippen LogP contribution in [-0.4, -0.2) is 54.1 Å². The maximum absolute atomic E-state index is 13.5. The van der Waals surface area contributed by atoms with Crippen LogP contribution in [0.2, 0.25) is 0 Å². The summed E-state index contributed by atoms with van der Waals surface area (Å²) in [6.45, 7) is 3.15. The molecule has 1 unspecified atom stereocenters. The van der Waals surface area contributed by atoms with E-state index in [0.29, 0.717) is 24.4 Å². The largest absolute Gasteiger partial charge is 0.443 e. The highest BCUT2D eigenvalue weighted by Crippen LogP contribution is 2.38. The molecule has 0 radical (unpaired) electrons. The second-order valence-electron chi connectivity index (χ2n) is 9.15. The Bertz CT molecular complexity index is 1090. The number of hydrogen-bond donors (Lipinski definition) is 1. The first kappa shape index (κ1) is 22.7. The third kappa shape index (κ3) is 4.49. The van der Waals surface area contributed by atoms with Gasteiger partial charge in [-0.05, 0) is 49.7 Å². The molecule has 0 spiro atoms. The molecule has 0 saturated carbocycles. The van der Waals surface area contributed by atoms with E-state index in [2.05, 4.69) is 10.2 Å². The number of cyclic esters (lactones) is 1. The number of likely N-dealkylation sites (tertiary alicyclic amines) is 1. The number of hydrogen-bond acceptors (Lipinski definition) is 4. The predicted molar refractivity (Wildman–Crippen MR) is 119 cm³/mol. The van der Waals surface area contributed by atoms with Gasteiger partial charge in [-0.15, -0.1) is 0 Å². The van der Waals surface area contributed by atoms with Gasteiger partial charge in [0.1, 0.15) is 6.10 Å². The normalized spacial score (nSPS) is 25.7. The number of benzene rings is 1. The van der Waals surface area contributed by atoms with Crippen LogP contribution in [0.5, 0.6) is 0 Å². The standard InChI is InChI=1S/C25H26F3N3O3/c26-25(27,28)21-7-3-2-6-19(21)22-12-16-8-9-17(13-20(16)23(32)29-22)31-15-18(34-24(31)33)14-30-10-4-1-5-11-30/h2-3,6-9,12,18,20H,1,4-5,10-11,13-15H2,(H,29,32)/t18-,20?/m0/s1. The molecule has 2 atom stereocenters. The van der Waals surface area contributed by atoms with Crippen LogP contribution in [0, 0.1) is 5.92 Å². The van der Waals surface area contributed by atoms with Crippen LogP contribution in [0.1, 0.15) is 36.8 Å². The molecule has 0 aromatic heterocycles. The minimum atomic E-state index is -4.53. The Morgan fingerprint density at radius 1 is 1.06 bits per heavy atom. The molecule has 1 aliphatic carbocycles. The number of ether oxygens (including phenoxy) is 1. The van der Waals surface area contributed by atoms with Gasteiger partial charge < -0.3 is 10.1 Å². The fraction of sp³-hybridized carbons (Fsp3) is 0.440. The van der Waals surface area contributed by atoms with Crippen molar-refractivity contribution in [3.63, 3.8) is 0 Å². The van der Waals surface area contributed by atoms with Gasteiger partial charge in [0.2, 0.25) is 5.91 Å². The molecule has 3 aliphatic heterocycles. The molecule has 0 bridgehead atoms. The summed E-state index contributed by atoms with van der Waals surface area (Å²) in [4.78, 5) is 29.3. The Labute approximate surface area is 195 Å². The molecule has 1 aromatic rings. The van der Waals surface area contributed by atoms with E-state index in [-0.39, 0.29) is 29.7 Å². The van der Waals surface area contributed by atoms with E-state index < -0.39 is 23.8 Å². The van der Waals surface area contributed by atoms with Crippen molar-refractivity contribution in [2.45, 2.75) is 38.0 Å². The van der Waals surface area contributed by atoms with Crippen LogP contribution in [0.25, 0.3) is 5.70 Å². The highest BCUT2D eigenvalue weighted by Gasteiger charge is 2.40. The number of fused-ring (bicyclic) bond motifs is 1. The van der Waals surface area contributed by atoms with Crippen molar-refractivity contribution in [3.05, 3.63) is 64.9 Å². The Morgan fingerprint density at radius 2 is 1.82 bits per heavy atom. The number of carbonyl (C=O) groups excluding carboxylic acids is 2. The SMILES string of the molecule is O=C1NC(c2ccccc2C(F)(F)F)=CC2=CC=C(N3C[C@H](CN4CCCCC4)OC3=O)CC12. The molecule has 34 heavy (non-hydrogen) atoms. The zero-order valence-corrected chi connectivity index (χ0v) is 18.6. The molecule has 9 heteroatoms. The van der Waals surface area contributed by atoms with Crippen molar-refractivity contribution in [2.24, 2.45) is 5.92 Å². The van der Waals surface area contributed by atoms with Crippen molar-refractivity contribution < 1.29 is 27.5 Å². The zero-order chi connectivity index (χ0) is 23.9. The monoisotopic (exact) mass is 473 g/mol. The molecule has 1 N–H and O–H groups in total. The summed E-state index contributed by atoms with van der Waals surface area (Å²) in [6.07, 6.45) is 3.72. The van der Waals surface area contributed by atoms with Crippen LogP contribution in [-0.2, 0) is 15.7 Å². The molecule has 5 rings (SSSR count). The Hall–Kier alpha value is -3.07. The van der Waals surface area contributed by atoms with E-state index in [0.717, 1.165) is 32.0 Å². The van der Waals surface area contributed by atoms with Crippen molar-refractivity contribution in [1.29, 1.82) is 0 Å². The number of nitrogens with one attached hydrogen (secondary N) is 1. The maximum atomic E-state index is 13.5. The van der Waals surface area contributed by atoms with Crippen molar-refractivity contribution in [3.8, 4) is 0 Å². The van der Waals surface area contributed by atoms with Gasteiger partial charge >= 0.3 is 12.3 Å². The molecule has 180 valence electrons. The van der Waals surface area contributed by atoms with Gasteiger partial charge in [0, 0.05) is 29.9 Å². The summed E-state index contributed by atoms with van der Waals surface area (Å²) in [5.41, 5.74) is 0.562. The number of piperidine rings is 1. The van der Waals surface area contributed by atoms with Crippen LogP contribution in [0.3, 0.4) is 0 Å². The molecule has 2 fully saturated rings. The average molecular weight is 473 g/mol. The lowest BCUT2D eigenvalue weighted by atomic mass is 9.84. The number of rotatable bonds is 4. The van der Waals surface area contributed by atoms with Gasteiger partial charge in [0.15, 0.2) is 0 Å².